The van der Waals surface area contributed by atoms with E-state index in [1.54, 1.807) is 18.0 Å². The third-order valence-electron chi connectivity index (χ3n) is 4.15. The van der Waals surface area contributed by atoms with Gasteiger partial charge in [0.25, 0.3) is 5.56 Å². The van der Waals surface area contributed by atoms with Gasteiger partial charge < -0.3 is 4.98 Å². The van der Waals surface area contributed by atoms with Crippen molar-refractivity contribution in [2.75, 3.05) is 0 Å². The highest BCUT2D eigenvalue weighted by atomic mass is 32.2. The number of imidazole rings is 1. The zero-order chi connectivity index (χ0) is 18.1. The fraction of sp³-hybridized carbons (Fsp3) is 0.211. The molecule has 0 saturated carbocycles. The maximum Gasteiger partial charge on any atom is 0.268 e. The third-order valence-corrected chi connectivity index (χ3v) is 6.03. The molecule has 0 aliphatic heterocycles. The summed E-state index contributed by atoms with van der Waals surface area (Å²) in [4.78, 5) is 23.9. The summed E-state index contributed by atoms with van der Waals surface area (Å²) in [5.41, 5.74) is 3.06. The molecule has 0 radical (unpaired) electrons. The highest BCUT2D eigenvalue weighted by Gasteiger charge is 2.10. The van der Waals surface area contributed by atoms with Crippen LogP contribution in [-0.4, -0.2) is 19.5 Å². The molecular formula is C19H18N4OS2. The highest BCUT2D eigenvalue weighted by Crippen LogP contribution is 2.25. The van der Waals surface area contributed by atoms with Gasteiger partial charge in [-0.15, -0.1) is 11.3 Å². The Balaban J connectivity index is 1.56. The number of rotatable bonds is 5. The maximum atomic E-state index is 12.1. The molecule has 4 aromatic rings. The van der Waals surface area contributed by atoms with Crippen LogP contribution in [0.25, 0.3) is 15.9 Å². The van der Waals surface area contributed by atoms with Crippen molar-refractivity contribution >= 4 is 33.3 Å². The van der Waals surface area contributed by atoms with Crippen molar-refractivity contribution in [3.63, 3.8) is 0 Å². The van der Waals surface area contributed by atoms with E-state index in [1.165, 1.54) is 16.9 Å². The molecule has 3 aromatic heterocycles. The fourth-order valence-corrected chi connectivity index (χ4v) is 4.30. The molecule has 0 atom stereocenters. The average molecular weight is 383 g/mol. The standard InChI is InChI=1S/C19H18N4OS2/c1-12(2)13-3-5-14(6-4-13)23-9-8-20-19(23)26-11-16-21-15-7-10-25-17(15)18(24)22-16/h3-10,12H,11H2,1-2H3,(H,21,22,24). The van der Waals surface area contributed by atoms with Crippen molar-refractivity contribution in [1.82, 2.24) is 19.5 Å². The molecule has 0 spiro atoms. The SMILES string of the molecule is CC(C)c1ccc(-n2ccnc2SCc2nc3ccsc3c(=O)[nH]2)cc1. The predicted molar refractivity (Wildman–Crippen MR) is 107 cm³/mol. The van der Waals surface area contributed by atoms with Crippen LogP contribution in [-0.2, 0) is 5.75 Å². The van der Waals surface area contributed by atoms with Crippen LogP contribution < -0.4 is 5.56 Å². The Kier molecular flexibility index (Phi) is 4.65. The van der Waals surface area contributed by atoms with E-state index in [-0.39, 0.29) is 5.56 Å². The Bertz CT molecular complexity index is 1090. The highest BCUT2D eigenvalue weighted by molar-refractivity contribution is 7.98. The van der Waals surface area contributed by atoms with Gasteiger partial charge >= 0.3 is 0 Å². The minimum atomic E-state index is -0.0757. The Morgan fingerprint density at radius 3 is 2.81 bits per heavy atom. The van der Waals surface area contributed by atoms with Crippen LogP contribution in [0.3, 0.4) is 0 Å². The molecule has 4 rings (SSSR count). The van der Waals surface area contributed by atoms with Crippen molar-refractivity contribution in [2.45, 2.75) is 30.7 Å². The van der Waals surface area contributed by atoms with Gasteiger partial charge in [-0.3, -0.25) is 9.36 Å². The number of hydrogen-bond donors (Lipinski definition) is 1. The third kappa shape index (κ3) is 3.32. The van der Waals surface area contributed by atoms with Crippen molar-refractivity contribution in [3.05, 3.63) is 69.8 Å². The second-order valence-corrected chi connectivity index (χ2v) is 8.12. The lowest BCUT2D eigenvalue weighted by Crippen LogP contribution is -2.09. The topological polar surface area (TPSA) is 63.6 Å². The largest absolute Gasteiger partial charge is 0.309 e. The maximum absolute atomic E-state index is 12.1. The average Bonchev–Trinajstić information content (AvgIpc) is 3.29. The number of fused-ring (bicyclic) bond motifs is 1. The molecule has 0 saturated heterocycles. The van der Waals surface area contributed by atoms with Crippen LogP contribution in [0.4, 0.5) is 0 Å². The van der Waals surface area contributed by atoms with E-state index in [0.29, 0.717) is 22.2 Å². The van der Waals surface area contributed by atoms with E-state index < -0.39 is 0 Å². The van der Waals surface area contributed by atoms with E-state index in [9.17, 15) is 4.79 Å². The predicted octanol–water partition coefficient (Wildman–Crippen LogP) is 4.59. The molecule has 0 aliphatic rings. The number of thioether (sulfide) groups is 1. The van der Waals surface area contributed by atoms with Crippen molar-refractivity contribution in [3.8, 4) is 5.69 Å². The number of benzene rings is 1. The zero-order valence-corrected chi connectivity index (χ0v) is 16.1. The van der Waals surface area contributed by atoms with Crippen molar-refractivity contribution in [1.29, 1.82) is 0 Å². The number of H-pyrrole nitrogens is 1. The summed E-state index contributed by atoms with van der Waals surface area (Å²) in [6.07, 6.45) is 3.74. The monoisotopic (exact) mass is 382 g/mol. The van der Waals surface area contributed by atoms with Crippen molar-refractivity contribution in [2.24, 2.45) is 0 Å². The lowest BCUT2D eigenvalue weighted by Gasteiger charge is -2.10. The second-order valence-electron chi connectivity index (χ2n) is 6.26. The number of aromatic nitrogens is 4. The van der Waals surface area contributed by atoms with Gasteiger partial charge in [-0.05, 0) is 35.1 Å². The first-order chi connectivity index (χ1) is 12.6. The molecule has 0 fully saturated rings. The number of nitrogens with one attached hydrogen (secondary N) is 1. The van der Waals surface area contributed by atoms with Gasteiger partial charge in [0, 0.05) is 18.1 Å². The van der Waals surface area contributed by atoms with Crippen LogP contribution in [0.5, 0.6) is 0 Å². The fourth-order valence-electron chi connectivity index (χ4n) is 2.74. The molecule has 1 aromatic carbocycles. The van der Waals surface area contributed by atoms with Gasteiger partial charge in [0.05, 0.1) is 11.3 Å². The molecule has 0 unspecified atom stereocenters. The van der Waals surface area contributed by atoms with Gasteiger partial charge in [0.15, 0.2) is 5.16 Å². The molecular weight excluding hydrogens is 364 g/mol. The van der Waals surface area contributed by atoms with Crippen LogP contribution >= 0.6 is 23.1 Å². The lowest BCUT2D eigenvalue weighted by atomic mass is 10.0. The normalized spacial score (nSPS) is 11.5. The summed E-state index contributed by atoms with van der Waals surface area (Å²) < 4.78 is 2.72. The van der Waals surface area contributed by atoms with Crippen LogP contribution in [0.2, 0.25) is 0 Å². The van der Waals surface area contributed by atoms with E-state index in [2.05, 4.69) is 57.6 Å². The molecule has 132 valence electrons. The molecule has 7 heteroatoms. The Labute approximate surface area is 159 Å². The molecule has 0 aliphatic carbocycles. The van der Waals surface area contributed by atoms with Gasteiger partial charge in [-0.2, -0.15) is 0 Å². The molecule has 1 N–H and O–H groups in total. The molecule has 5 nitrogen and oxygen atoms in total. The van der Waals surface area contributed by atoms with Gasteiger partial charge in [0.1, 0.15) is 10.5 Å². The number of nitrogens with zero attached hydrogens (tertiary/aromatic N) is 3. The summed E-state index contributed by atoms with van der Waals surface area (Å²) in [7, 11) is 0. The lowest BCUT2D eigenvalue weighted by molar-refractivity contribution is 0.858. The summed E-state index contributed by atoms with van der Waals surface area (Å²) in [6.45, 7) is 4.37. The van der Waals surface area contributed by atoms with E-state index in [4.69, 9.17) is 0 Å². The van der Waals surface area contributed by atoms with Crippen molar-refractivity contribution < 1.29 is 0 Å². The summed E-state index contributed by atoms with van der Waals surface area (Å²) >= 11 is 2.97. The number of aromatic amines is 1. The summed E-state index contributed by atoms with van der Waals surface area (Å²) in [5.74, 6) is 1.73. The van der Waals surface area contributed by atoms with Crippen LogP contribution in [0, 0.1) is 0 Å². The van der Waals surface area contributed by atoms with Gasteiger partial charge in [-0.25, -0.2) is 9.97 Å². The van der Waals surface area contributed by atoms with E-state index in [0.717, 1.165) is 16.4 Å². The number of thiophene rings is 1. The molecule has 3 heterocycles. The minimum Gasteiger partial charge on any atom is -0.309 e. The zero-order valence-electron chi connectivity index (χ0n) is 14.5. The Morgan fingerprint density at radius 2 is 2.04 bits per heavy atom. The van der Waals surface area contributed by atoms with E-state index >= 15 is 0 Å². The molecule has 0 bridgehead atoms. The van der Waals surface area contributed by atoms with Gasteiger partial charge in [0.2, 0.25) is 0 Å². The minimum absolute atomic E-state index is 0.0757. The van der Waals surface area contributed by atoms with E-state index in [1.807, 2.05) is 17.6 Å². The molecule has 0 amide bonds. The number of hydrogen-bond acceptors (Lipinski definition) is 5. The van der Waals surface area contributed by atoms with Crippen LogP contribution in [0.15, 0.2) is 58.1 Å². The first-order valence-corrected chi connectivity index (χ1v) is 10.2. The summed E-state index contributed by atoms with van der Waals surface area (Å²) in [6, 6.07) is 10.4. The van der Waals surface area contributed by atoms with Gasteiger partial charge in [-0.1, -0.05) is 37.7 Å². The second kappa shape index (κ2) is 7.09. The molecule has 26 heavy (non-hydrogen) atoms. The smallest absolute Gasteiger partial charge is 0.268 e. The first kappa shape index (κ1) is 17.1. The summed E-state index contributed by atoms with van der Waals surface area (Å²) in [5, 5.41) is 2.76. The first-order valence-electron chi connectivity index (χ1n) is 8.34. The Hall–Kier alpha value is -2.38. The van der Waals surface area contributed by atoms with Crippen LogP contribution in [0.1, 0.15) is 31.2 Å². The Morgan fingerprint density at radius 1 is 1.23 bits per heavy atom. The quantitative estimate of drug-likeness (QED) is 0.513.